The lowest BCUT2D eigenvalue weighted by molar-refractivity contribution is 0.0206. The van der Waals surface area contributed by atoms with Gasteiger partial charge >= 0.3 is 11.8 Å². The molecule has 0 bridgehead atoms. The fourth-order valence-electron chi connectivity index (χ4n) is 2.35. The summed E-state index contributed by atoms with van der Waals surface area (Å²) in [5.74, 6) is 0.520. The number of aromatic nitrogens is 4. The van der Waals surface area contributed by atoms with Crippen LogP contribution in [-0.4, -0.2) is 30.6 Å². The molecule has 0 fully saturated rings. The smallest absolute Gasteiger partial charge is 0.450 e. The van der Waals surface area contributed by atoms with Gasteiger partial charge < -0.3 is 9.84 Å². The zero-order valence-corrected chi connectivity index (χ0v) is 11.5. The zero-order chi connectivity index (χ0) is 15.0. The molecular weight excluding hydrogens is 300 g/mol. The molecule has 0 radical (unpaired) electrons. The van der Waals surface area contributed by atoms with E-state index >= 15 is 0 Å². The molecule has 0 unspecified atom stereocenters. The molecule has 0 aromatic carbocycles. The Hall–Kier alpha value is -2.35. The number of nitrogens with zero attached hydrogens (tertiary/aromatic N) is 4. The number of aryl methyl sites for hydroxylation is 1. The normalized spacial score (nSPS) is 16.7. The highest BCUT2D eigenvalue weighted by Crippen LogP contribution is 2.23. The van der Waals surface area contributed by atoms with Gasteiger partial charge in [-0.05, 0) is 17.7 Å². The van der Waals surface area contributed by atoms with Crippen molar-refractivity contribution in [3.05, 3.63) is 45.4 Å². The molecular formula is C12H11ClN4O4. The van der Waals surface area contributed by atoms with Crippen molar-refractivity contribution in [3.8, 4) is 0 Å². The number of halogens is 1. The third-order valence-corrected chi connectivity index (χ3v) is 3.41. The highest BCUT2D eigenvalue weighted by molar-refractivity contribution is 6.29. The van der Waals surface area contributed by atoms with E-state index in [4.69, 9.17) is 21.4 Å². The average molecular weight is 311 g/mol. The van der Waals surface area contributed by atoms with Crippen LogP contribution in [0.25, 0.3) is 0 Å². The SMILES string of the molecule is O=C(O)O[C@H]1CCc2nn(Cc3ccnc(Cl)c3)c(=O)n21. The molecule has 0 aliphatic carbocycles. The minimum Gasteiger partial charge on any atom is -0.450 e. The number of hydrogen-bond donors (Lipinski definition) is 1. The van der Waals surface area contributed by atoms with Crippen molar-refractivity contribution in [2.45, 2.75) is 25.6 Å². The summed E-state index contributed by atoms with van der Waals surface area (Å²) < 4.78 is 7.23. The second-order valence-corrected chi connectivity index (χ2v) is 4.98. The van der Waals surface area contributed by atoms with E-state index in [2.05, 4.69) is 10.1 Å². The highest BCUT2D eigenvalue weighted by Gasteiger charge is 2.30. The Morgan fingerprint density at radius 2 is 2.38 bits per heavy atom. The minimum absolute atomic E-state index is 0.237. The van der Waals surface area contributed by atoms with Crippen molar-refractivity contribution < 1.29 is 14.6 Å². The molecule has 0 spiro atoms. The van der Waals surface area contributed by atoms with E-state index in [1.807, 2.05) is 0 Å². The van der Waals surface area contributed by atoms with Gasteiger partial charge in [-0.15, -0.1) is 0 Å². The van der Waals surface area contributed by atoms with Crippen LogP contribution >= 0.6 is 11.6 Å². The van der Waals surface area contributed by atoms with E-state index in [1.165, 1.54) is 9.25 Å². The molecule has 3 heterocycles. The summed E-state index contributed by atoms with van der Waals surface area (Å²) in [7, 11) is 0. The maximum absolute atomic E-state index is 12.3. The number of ether oxygens (including phenoxy) is 1. The van der Waals surface area contributed by atoms with Crippen molar-refractivity contribution in [1.82, 2.24) is 19.3 Å². The number of pyridine rings is 1. The molecule has 0 amide bonds. The van der Waals surface area contributed by atoms with Gasteiger partial charge in [-0.3, -0.25) is 0 Å². The van der Waals surface area contributed by atoms with Crippen LogP contribution in [0.4, 0.5) is 4.79 Å². The van der Waals surface area contributed by atoms with Crippen molar-refractivity contribution in [3.63, 3.8) is 0 Å². The van der Waals surface area contributed by atoms with Gasteiger partial charge in [0.2, 0.25) is 0 Å². The Morgan fingerprint density at radius 3 is 3.10 bits per heavy atom. The van der Waals surface area contributed by atoms with Crippen molar-refractivity contribution in [2.24, 2.45) is 0 Å². The molecule has 2 aromatic rings. The Balaban J connectivity index is 1.89. The first-order valence-electron chi connectivity index (χ1n) is 6.23. The summed E-state index contributed by atoms with van der Waals surface area (Å²) in [5.41, 5.74) is 0.381. The van der Waals surface area contributed by atoms with Gasteiger partial charge in [-0.2, -0.15) is 5.10 Å². The molecule has 1 atom stereocenters. The Bertz CT molecular complexity index is 754. The summed E-state index contributed by atoms with van der Waals surface area (Å²) in [4.78, 5) is 26.8. The standard InChI is InChI=1S/C12H11ClN4O4/c13-8-5-7(3-4-14-8)6-16-11(18)17-9(15-16)1-2-10(17)21-12(19)20/h3-5,10H,1-2,6H2,(H,19,20)/t10-/m0/s1. The van der Waals surface area contributed by atoms with Gasteiger partial charge in [0.25, 0.3) is 0 Å². The third kappa shape index (κ3) is 2.62. The maximum Gasteiger partial charge on any atom is 0.507 e. The first-order chi connectivity index (χ1) is 10.0. The van der Waals surface area contributed by atoms with Gasteiger partial charge in [0.05, 0.1) is 6.54 Å². The lowest BCUT2D eigenvalue weighted by atomic mass is 10.3. The monoisotopic (exact) mass is 310 g/mol. The molecule has 2 aromatic heterocycles. The highest BCUT2D eigenvalue weighted by atomic mass is 35.5. The number of carboxylic acid groups (broad SMARTS) is 1. The molecule has 21 heavy (non-hydrogen) atoms. The second-order valence-electron chi connectivity index (χ2n) is 4.59. The molecule has 1 aliphatic heterocycles. The quantitative estimate of drug-likeness (QED) is 0.677. The molecule has 0 saturated carbocycles. The molecule has 3 rings (SSSR count). The van der Waals surface area contributed by atoms with Crippen LogP contribution in [0.1, 0.15) is 24.0 Å². The molecule has 110 valence electrons. The Kier molecular flexibility index (Phi) is 3.38. The van der Waals surface area contributed by atoms with Crippen LogP contribution in [0.15, 0.2) is 23.1 Å². The van der Waals surface area contributed by atoms with Gasteiger partial charge in [0.15, 0.2) is 6.23 Å². The number of fused-ring (bicyclic) bond motifs is 1. The predicted molar refractivity (Wildman–Crippen MR) is 71.3 cm³/mol. The van der Waals surface area contributed by atoms with Gasteiger partial charge in [-0.25, -0.2) is 23.8 Å². The van der Waals surface area contributed by atoms with E-state index in [0.717, 1.165) is 5.56 Å². The van der Waals surface area contributed by atoms with Crippen LogP contribution < -0.4 is 5.69 Å². The van der Waals surface area contributed by atoms with Crippen LogP contribution in [0.3, 0.4) is 0 Å². The van der Waals surface area contributed by atoms with Gasteiger partial charge in [0.1, 0.15) is 11.0 Å². The van der Waals surface area contributed by atoms with Crippen molar-refractivity contribution >= 4 is 17.8 Å². The average Bonchev–Trinajstić information content (AvgIpc) is 2.92. The number of hydrogen-bond acceptors (Lipinski definition) is 5. The maximum atomic E-state index is 12.3. The summed E-state index contributed by atoms with van der Waals surface area (Å²) >= 11 is 5.80. The number of rotatable bonds is 3. The molecule has 8 nitrogen and oxygen atoms in total. The van der Waals surface area contributed by atoms with Crippen molar-refractivity contribution in [2.75, 3.05) is 0 Å². The molecule has 1 N–H and O–H groups in total. The van der Waals surface area contributed by atoms with E-state index in [1.54, 1.807) is 18.3 Å². The summed E-state index contributed by atoms with van der Waals surface area (Å²) in [6.45, 7) is 0.237. The van der Waals surface area contributed by atoms with Crippen LogP contribution in [0.5, 0.6) is 0 Å². The predicted octanol–water partition coefficient (Wildman–Crippen LogP) is 1.28. The first kappa shape index (κ1) is 13.6. The summed E-state index contributed by atoms with van der Waals surface area (Å²) in [5, 5.41) is 13.2. The first-order valence-corrected chi connectivity index (χ1v) is 6.60. The van der Waals surface area contributed by atoms with Crippen LogP contribution in [0, 0.1) is 0 Å². The van der Waals surface area contributed by atoms with Crippen LogP contribution in [0.2, 0.25) is 5.15 Å². The Morgan fingerprint density at radius 1 is 1.57 bits per heavy atom. The topological polar surface area (TPSA) is 99.2 Å². The van der Waals surface area contributed by atoms with E-state index in [0.29, 0.717) is 23.8 Å². The summed E-state index contributed by atoms with van der Waals surface area (Å²) in [6.07, 6.45) is 0.250. The fraction of sp³-hybridized carbons (Fsp3) is 0.333. The second kappa shape index (κ2) is 5.21. The lowest BCUT2D eigenvalue weighted by Gasteiger charge is -2.09. The molecule has 1 aliphatic rings. The number of carbonyl (C=O) groups is 1. The van der Waals surface area contributed by atoms with E-state index in [-0.39, 0.29) is 6.54 Å². The van der Waals surface area contributed by atoms with Gasteiger partial charge in [0, 0.05) is 19.0 Å². The van der Waals surface area contributed by atoms with Crippen LogP contribution in [-0.2, 0) is 17.7 Å². The van der Waals surface area contributed by atoms with E-state index in [9.17, 15) is 9.59 Å². The third-order valence-electron chi connectivity index (χ3n) is 3.20. The zero-order valence-electron chi connectivity index (χ0n) is 10.8. The van der Waals surface area contributed by atoms with E-state index < -0.39 is 18.1 Å². The molecule has 0 saturated heterocycles. The lowest BCUT2D eigenvalue weighted by Crippen LogP contribution is -2.29. The molecule has 9 heteroatoms. The summed E-state index contributed by atoms with van der Waals surface area (Å²) in [6, 6.07) is 3.37. The Labute approximate surface area is 123 Å². The fourth-order valence-corrected chi connectivity index (χ4v) is 2.55. The largest absolute Gasteiger partial charge is 0.507 e. The minimum atomic E-state index is -1.41. The van der Waals surface area contributed by atoms with Crippen molar-refractivity contribution in [1.29, 1.82) is 0 Å². The van der Waals surface area contributed by atoms with Gasteiger partial charge in [-0.1, -0.05) is 11.6 Å².